The van der Waals surface area contributed by atoms with E-state index in [2.05, 4.69) is 15.5 Å². The normalized spacial score (nSPS) is 23.3. The monoisotopic (exact) mass is 398 g/mol. The molecule has 1 saturated heterocycles. The number of hydrogen-bond donors (Lipinski definition) is 2. The molecule has 8 heteroatoms. The first-order chi connectivity index (χ1) is 14.1. The Labute approximate surface area is 169 Å². The maximum Gasteiger partial charge on any atom is 0.410 e. The Morgan fingerprint density at radius 3 is 2.83 bits per heavy atom. The van der Waals surface area contributed by atoms with Crippen LogP contribution in [0, 0.1) is 0 Å². The Hall–Kier alpha value is -2.87. The largest absolute Gasteiger partial charge is 0.446 e. The van der Waals surface area contributed by atoms with Crippen molar-refractivity contribution < 1.29 is 19.1 Å². The van der Waals surface area contributed by atoms with Crippen LogP contribution in [0.4, 0.5) is 10.6 Å². The number of nitrogens with zero attached hydrogens (tertiary/aromatic N) is 2. The number of H-pyrrole nitrogens is 1. The first-order valence-corrected chi connectivity index (χ1v) is 10.0. The van der Waals surface area contributed by atoms with Crippen LogP contribution < -0.4 is 5.32 Å². The first-order valence-electron chi connectivity index (χ1n) is 10.0. The number of aromatic nitrogens is 2. The standard InChI is InChI=1S/C21H26N4O4/c1-25(13-14-6-3-2-4-7-14)21(27)29-16-10-15(11-16)17-12-19(24-23-17)22-20(26)18-8-5-9-28-18/h2-4,6-7,12,15-16,18H,5,8-11,13H2,1H3,(H2,22,23,24,26)/t15-,16+,18-/m1/s1. The van der Waals surface area contributed by atoms with E-state index in [-0.39, 0.29) is 30.1 Å². The zero-order chi connectivity index (χ0) is 20.2. The molecule has 2 fully saturated rings. The van der Waals surface area contributed by atoms with Crippen LogP contribution in [0.1, 0.15) is 42.9 Å². The van der Waals surface area contributed by atoms with E-state index in [1.165, 1.54) is 0 Å². The summed E-state index contributed by atoms with van der Waals surface area (Å²) in [5, 5.41) is 9.96. The second-order valence-electron chi connectivity index (χ2n) is 7.71. The van der Waals surface area contributed by atoms with Crippen molar-refractivity contribution >= 4 is 17.8 Å². The van der Waals surface area contributed by atoms with E-state index in [0.29, 0.717) is 19.0 Å². The number of nitrogens with one attached hydrogen (secondary N) is 2. The highest BCUT2D eigenvalue weighted by atomic mass is 16.6. The molecule has 0 bridgehead atoms. The molecule has 1 aliphatic heterocycles. The minimum absolute atomic E-state index is 0.104. The fourth-order valence-electron chi connectivity index (χ4n) is 3.67. The van der Waals surface area contributed by atoms with Crippen molar-refractivity contribution in [1.82, 2.24) is 15.1 Å². The van der Waals surface area contributed by atoms with E-state index in [1.54, 1.807) is 11.9 Å². The van der Waals surface area contributed by atoms with Gasteiger partial charge < -0.3 is 19.7 Å². The van der Waals surface area contributed by atoms with Crippen LogP contribution in [0.5, 0.6) is 0 Å². The summed E-state index contributed by atoms with van der Waals surface area (Å²) in [5.74, 6) is 0.653. The summed E-state index contributed by atoms with van der Waals surface area (Å²) in [6.07, 6.45) is 2.33. The second-order valence-corrected chi connectivity index (χ2v) is 7.71. The van der Waals surface area contributed by atoms with E-state index in [9.17, 15) is 9.59 Å². The molecule has 2 N–H and O–H groups in total. The van der Waals surface area contributed by atoms with Crippen molar-refractivity contribution in [3.63, 3.8) is 0 Å². The Morgan fingerprint density at radius 1 is 1.31 bits per heavy atom. The molecule has 1 atom stereocenters. The van der Waals surface area contributed by atoms with E-state index < -0.39 is 0 Å². The number of rotatable bonds is 6. The summed E-state index contributed by atoms with van der Waals surface area (Å²) in [6.45, 7) is 1.15. The zero-order valence-corrected chi connectivity index (χ0v) is 16.5. The lowest BCUT2D eigenvalue weighted by atomic mass is 9.80. The van der Waals surface area contributed by atoms with Crippen molar-refractivity contribution in [3.05, 3.63) is 47.7 Å². The molecule has 0 unspecified atom stereocenters. The molecule has 29 heavy (non-hydrogen) atoms. The predicted molar refractivity (Wildman–Crippen MR) is 106 cm³/mol. The number of anilines is 1. The van der Waals surface area contributed by atoms with Crippen molar-refractivity contribution in [1.29, 1.82) is 0 Å². The lowest BCUT2D eigenvalue weighted by Crippen LogP contribution is -2.37. The summed E-state index contributed by atoms with van der Waals surface area (Å²) < 4.78 is 11.0. The van der Waals surface area contributed by atoms with Gasteiger partial charge in [0, 0.05) is 32.2 Å². The molecule has 2 amide bonds. The predicted octanol–water partition coefficient (Wildman–Crippen LogP) is 3.04. The highest BCUT2D eigenvalue weighted by molar-refractivity contribution is 5.93. The van der Waals surface area contributed by atoms with Crippen molar-refractivity contribution in [3.8, 4) is 0 Å². The van der Waals surface area contributed by atoms with Crippen LogP contribution in [-0.4, -0.2) is 53.0 Å². The van der Waals surface area contributed by atoms with E-state index in [1.807, 2.05) is 36.4 Å². The minimum Gasteiger partial charge on any atom is -0.446 e. The van der Waals surface area contributed by atoms with Gasteiger partial charge in [-0.2, -0.15) is 5.10 Å². The number of carbonyl (C=O) groups is 2. The van der Waals surface area contributed by atoms with Gasteiger partial charge in [-0.3, -0.25) is 9.89 Å². The van der Waals surface area contributed by atoms with Crippen LogP contribution in [0.3, 0.4) is 0 Å². The van der Waals surface area contributed by atoms with Gasteiger partial charge >= 0.3 is 6.09 Å². The van der Waals surface area contributed by atoms with Gasteiger partial charge in [0.1, 0.15) is 18.0 Å². The molecule has 1 aromatic heterocycles. The molecule has 154 valence electrons. The number of ether oxygens (including phenoxy) is 2. The second kappa shape index (κ2) is 8.65. The lowest BCUT2D eigenvalue weighted by Gasteiger charge is -2.34. The SMILES string of the molecule is CN(Cc1ccccc1)C(=O)O[C@H]1C[C@@H](c2cc(NC(=O)[C@H]3CCCO3)[nH]n2)C1. The quantitative estimate of drug-likeness (QED) is 0.780. The summed E-state index contributed by atoms with van der Waals surface area (Å²) in [4.78, 5) is 25.9. The molecule has 4 rings (SSSR count). The van der Waals surface area contributed by atoms with Crippen LogP contribution in [0.25, 0.3) is 0 Å². The smallest absolute Gasteiger partial charge is 0.410 e. The molecule has 2 aliphatic rings. The third kappa shape index (κ3) is 4.76. The third-order valence-electron chi connectivity index (χ3n) is 5.43. The minimum atomic E-state index is -0.373. The third-order valence-corrected chi connectivity index (χ3v) is 5.43. The fourth-order valence-corrected chi connectivity index (χ4v) is 3.67. The zero-order valence-electron chi connectivity index (χ0n) is 16.5. The summed E-state index contributed by atoms with van der Waals surface area (Å²) >= 11 is 0. The Morgan fingerprint density at radius 2 is 2.10 bits per heavy atom. The number of hydrogen-bond acceptors (Lipinski definition) is 5. The number of amides is 2. The van der Waals surface area contributed by atoms with Gasteiger partial charge in [0.05, 0.1) is 5.69 Å². The Balaban J connectivity index is 1.21. The summed E-state index contributed by atoms with van der Waals surface area (Å²) in [7, 11) is 1.74. The molecule has 1 aliphatic carbocycles. The van der Waals surface area contributed by atoms with Crippen molar-refractivity contribution in [2.24, 2.45) is 0 Å². The number of carbonyl (C=O) groups excluding carboxylic acids is 2. The molecule has 0 radical (unpaired) electrons. The number of benzene rings is 1. The molecule has 2 aromatic rings. The van der Waals surface area contributed by atoms with Crippen LogP contribution in [0.2, 0.25) is 0 Å². The molecule has 8 nitrogen and oxygen atoms in total. The highest BCUT2D eigenvalue weighted by Gasteiger charge is 2.35. The van der Waals surface area contributed by atoms with Crippen LogP contribution in [0.15, 0.2) is 36.4 Å². The maximum atomic E-state index is 12.3. The Kier molecular flexibility index (Phi) is 5.80. The van der Waals surface area contributed by atoms with E-state index >= 15 is 0 Å². The molecule has 0 spiro atoms. The van der Waals surface area contributed by atoms with Gasteiger partial charge in [-0.25, -0.2) is 4.79 Å². The van der Waals surface area contributed by atoms with Crippen LogP contribution >= 0.6 is 0 Å². The Bertz CT molecular complexity index is 841. The van der Waals surface area contributed by atoms with Gasteiger partial charge in [-0.1, -0.05) is 30.3 Å². The summed E-state index contributed by atoms with van der Waals surface area (Å²) in [6, 6.07) is 11.7. The van der Waals surface area contributed by atoms with Gasteiger partial charge in [-0.05, 0) is 31.2 Å². The van der Waals surface area contributed by atoms with Crippen molar-refractivity contribution in [2.45, 2.75) is 50.4 Å². The topological polar surface area (TPSA) is 96.5 Å². The van der Waals surface area contributed by atoms with Gasteiger partial charge in [0.15, 0.2) is 0 Å². The van der Waals surface area contributed by atoms with E-state index in [0.717, 1.165) is 36.9 Å². The fraction of sp³-hybridized carbons (Fsp3) is 0.476. The van der Waals surface area contributed by atoms with Gasteiger partial charge in [-0.15, -0.1) is 0 Å². The first kappa shape index (κ1) is 19.4. The molecule has 2 heterocycles. The average Bonchev–Trinajstić information content (AvgIpc) is 3.37. The van der Waals surface area contributed by atoms with Crippen LogP contribution in [-0.2, 0) is 20.8 Å². The molecular weight excluding hydrogens is 372 g/mol. The van der Waals surface area contributed by atoms with Crippen molar-refractivity contribution in [2.75, 3.05) is 19.0 Å². The molecular formula is C21H26N4O4. The summed E-state index contributed by atoms with van der Waals surface area (Å²) in [5.41, 5.74) is 1.94. The van der Waals surface area contributed by atoms with Gasteiger partial charge in [0.2, 0.25) is 0 Å². The van der Waals surface area contributed by atoms with E-state index in [4.69, 9.17) is 9.47 Å². The molecule has 1 aromatic carbocycles. The maximum absolute atomic E-state index is 12.3. The number of aromatic amines is 1. The van der Waals surface area contributed by atoms with Gasteiger partial charge in [0.25, 0.3) is 5.91 Å². The molecule has 1 saturated carbocycles. The highest BCUT2D eigenvalue weighted by Crippen LogP contribution is 2.38. The average molecular weight is 398 g/mol. The lowest BCUT2D eigenvalue weighted by molar-refractivity contribution is -0.124.